The van der Waals surface area contributed by atoms with Crippen molar-refractivity contribution in [3.8, 4) is 0 Å². The van der Waals surface area contributed by atoms with Crippen molar-refractivity contribution in [1.82, 2.24) is 0 Å². The number of aliphatic hydroxyl groups is 1. The van der Waals surface area contributed by atoms with Crippen molar-refractivity contribution in [1.29, 1.82) is 0 Å². The second kappa shape index (κ2) is 8.46. The third-order valence-corrected chi connectivity index (χ3v) is 9.70. The number of carbonyl (C=O) groups is 1. The summed E-state index contributed by atoms with van der Waals surface area (Å²) in [5.41, 5.74) is 1.33. The van der Waals surface area contributed by atoms with E-state index in [1.807, 2.05) is 0 Å². The molecule has 3 saturated carbocycles. The van der Waals surface area contributed by atoms with Crippen LogP contribution in [-0.2, 0) is 19.0 Å². The number of hydrogen-bond acceptors (Lipinski definition) is 5. The third-order valence-electron chi connectivity index (χ3n) is 9.70. The topological polar surface area (TPSA) is 65.0 Å². The first-order valence-corrected chi connectivity index (χ1v) is 12.7. The van der Waals surface area contributed by atoms with Crippen LogP contribution in [0.5, 0.6) is 0 Å². The van der Waals surface area contributed by atoms with Gasteiger partial charge in [0.25, 0.3) is 0 Å². The van der Waals surface area contributed by atoms with Crippen LogP contribution in [0.4, 0.5) is 0 Å². The van der Waals surface area contributed by atoms with E-state index < -0.39 is 0 Å². The Hall–Kier alpha value is -0.910. The summed E-state index contributed by atoms with van der Waals surface area (Å²) in [7, 11) is 0. The van der Waals surface area contributed by atoms with Gasteiger partial charge in [0.05, 0.1) is 12.2 Å². The van der Waals surface area contributed by atoms with Gasteiger partial charge < -0.3 is 19.3 Å². The summed E-state index contributed by atoms with van der Waals surface area (Å²) in [4.78, 5) is 11.9. The summed E-state index contributed by atoms with van der Waals surface area (Å²) < 4.78 is 18.3. The van der Waals surface area contributed by atoms with Crippen molar-refractivity contribution in [2.24, 2.45) is 28.6 Å². The molecule has 0 aromatic heterocycles. The molecule has 31 heavy (non-hydrogen) atoms. The van der Waals surface area contributed by atoms with Gasteiger partial charge in [-0.05, 0) is 99.4 Å². The summed E-state index contributed by atoms with van der Waals surface area (Å²) in [6, 6.07) is 0. The predicted molar refractivity (Wildman–Crippen MR) is 117 cm³/mol. The zero-order chi connectivity index (χ0) is 21.6. The van der Waals surface area contributed by atoms with E-state index in [0.29, 0.717) is 24.4 Å². The Morgan fingerprint density at radius 3 is 2.77 bits per heavy atom. The molecule has 0 aromatic carbocycles. The first-order valence-electron chi connectivity index (χ1n) is 12.7. The Kier molecular flexibility index (Phi) is 5.98. The monoisotopic (exact) mass is 432 g/mol. The van der Waals surface area contributed by atoms with E-state index in [2.05, 4.69) is 13.0 Å². The highest BCUT2D eigenvalue weighted by atomic mass is 16.7. The van der Waals surface area contributed by atoms with Crippen LogP contribution in [0.3, 0.4) is 0 Å². The molecule has 0 amide bonds. The lowest BCUT2D eigenvalue weighted by molar-refractivity contribution is -0.195. The molecule has 0 bridgehead atoms. The van der Waals surface area contributed by atoms with Gasteiger partial charge in [0.2, 0.25) is 0 Å². The standard InChI is InChI=1S/C26H40O5/c1-17(27)30-16-26-13-5-6-22(31-24-7-3-4-15-29-24)21(26)9-8-18-19-10-11-23(28)25(19,2)14-12-20(18)26/h9,18-20,22-24,28H,3-8,10-16H2,1-2H3/t18?,19?,20?,22?,23-,24?,25-,26-/m0/s1. The second-order valence-corrected chi connectivity index (χ2v) is 11.2. The molecule has 4 aliphatic carbocycles. The number of hydrogen-bond donors (Lipinski definition) is 1. The number of fused-ring (bicyclic) bond motifs is 5. The molecule has 1 N–H and O–H groups in total. The summed E-state index contributed by atoms with van der Waals surface area (Å²) in [5, 5.41) is 10.8. The molecule has 5 unspecified atom stereocenters. The van der Waals surface area contributed by atoms with Gasteiger partial charge in [0, 0.05) is 18.9 Å². The molecular weight excluding hydrogens is 392 g/mol. The van der Waals surface area contributed by atoms with Crippen LogP contribution in [0.2, 0.25) is 0 Å². The maximum Gasteiger partial charge on any atom is 0.302 e. The summed E-state index contributed by atoms with van der Waals surface area (Å²) >= 11 is 0. The summed E-state index contributed by atoms with van der Waals surface area (Å²) in [6.07, 6.45) is 14.1. The molecule has 4 fully saturated rings. The largest absolute Gasteiger partial charge is 0.465 e. The van der Waals surface area contributed by atoms with Crippen molar-refractivity contribution in [3.63, 3.8) is 0 Å². The van der Waals surface area contributed by atoms with Crippen molar-refractivity contribution < 1.29 is 24.1 Å². The van der Waals surface area contributed by atoms with E-state index >= 15 is 0 Å². The molecular formula is C26H40O5. The molecule has 174 valence electrons. The number of rotatable bonds is 4. The first-order chi connectivity index (χ1) is 14.9. The highest BCUT2D eigenvalue weighted by Crippen LogP contribution is 2.65. The normalized spacial score (nSPS) is 47.0. The van der Waals surface area contributed by atoms with Crippen molar-refractivity contribution >= 4 is 5.97 Å². The summed E-state index contributed by atoms with van der Waals surface area (Å²) in [5.74, 6) is 1.46. The average molecular weight is 433 g/mol. The van der Waals surface area contributed by atoms with Crippen LogP contribution >= 0.6 is 0 Å². The zero-order valence-corrected chi connectivity index (χ0v) is 19.3. The van der Waals surface area contributed by atoms with E-state index in [0.717, 1.165) is 70.8 Å². The van der Waals surface area contributed by atoms with Crippen molar-refractivity contribution in [2.75, 3.05) is 13.2 Å². The van der Waals surface area contributed by atoms with Crippen LogP contribution in [0, 0.1) is 28.6 Å². The van der Waals surface area contributed by atoms with Gasteiger partial charge in [0.15, 0.2) is 6.29 Å². The molecule has 0 spiro atoms. The summed E-state index contributed by atoms with van der Waals surface area (Å²) in [6.45, 7) is 5.12. The zero-order valence-electron chi connectivity index (χ0n) is 19.3. The maximum atomic E-state index is 11.9. The van der Waals surface area contributed by atoms with Gasteiger partial charge in [-0.1, -0.05) is 13.0 Å². The van der Waals surface area contributed by atoms with Gasteiger partial charge in [-0.15, -0.1) is 0 Å². The fraction of sp³-hybridized carbons (Fsp3) is 0.885. The molecule has 0 aromatic rings. The molecule has 5 heteroatoms. The van der Waals surface area contributed by atoms with Gasteiger partial charge in [0.1, 0.15) is 6.61 Å². The van der Waals surface area contributed by atoms with Gasteiger partial charge >= 0.3 is 5.97 Å². The van der Waals surface area contributed by atoms with Crippen LogP contribution in [0.1, 0.15) is 84.5 Å². The molecule has 1 heterocycles. The van der Waals surface area contributed by atoms with E-state index in [9.17, 15) is 9.90 Å². The molecule has 0 radical (unpaired) electrons. The molecule has 1 saturated heterocycles. The lowest BCUT2D eigenvalue weighted by Gasteiger charge is -2.59. The number of aliphatic hydroxyl groups excluding tert-OH is 1. The van der Waals surface area contributed by atoms with Crippen LogP contribution in [-0.4, -0.2) is 42.8 Å². The van der Waals surface area contributed by atoms with E-state index in [1.165, 1.54) is 18.9 Å². The molecule has 5 nitrogen and oxygen atoms in total. The average Bonchev–Trinajstić information content (AvgIpc) is 3.08. The predicted octanol–water partition coefficient (Wildman–Crippen LogP) is 4.77. The van der Waals surface area contributed by atoms with E-state index in [4.69, 9.17) is 14.2 Å². The van der Waals surface area contributed by atoms with Gasteiger partial charge in [-0.25, -0.2) is 0 Å². The third kappa shape index (κ3) is 3.69. The van der Waals surface area contributed by atoms with Gasteiger partial charge in [-0.3, -0.25) is 4.79 Å². The molecule has 8 atom stereocenters. The molecule has 5 aliphatic rings. The smallest absolute Gasteiger partial charge is 0.302 e. The number of ether oxygens (including phenoxy) is 3. The number of allylic oxidation sites excluding steroid dienone is 1. The van der Waals surface area contributed by atoms with Crippen LogP contribution in [0.25, 0.3) is 0 Å². The Morgan fingerprint density at radius 1 is 1.13 bits per heavy atom. The Morgan fingerprint density at radius 2 is 2.00 bits per heavy atom. The quantitative estimate of drug-likeness (QED) is 0.512. The van der Waals surface area contributed by atoms with E-state index in [1.54, 1.807) is 0 Å². The van der Waals surface area contributed by atoms with Crippen LogP contribution < -0.4 is 0 Å². The molecule has 5 rings (SSSR count). The number of carbonyl (C=O) groups excluding carboxylic acids is 1. The first kappa shape index (κ1) is 21.9. The lowest BCUT2D eigenvalue weighted by Crippen LogP contribution is -2.55. The maximum absolute atomic E-state index is 11.9. The minimum atomic E-state index is -0.188. The fourth-order valence-electron chi connectivity index (χ4n) is 8.13. The van der Waals surface area contributed by atoms with Crippen molar-refractivity contribution in [2.45, 2.75) is 103 Å². The minimum absolute atomic E-state index is 0.0512. The number of esters is 1. The SMILES string of the molecule is CC(=O)OC[C@]12CCCC(OC3CCCCO3)C1=CCC1C2CC[C@@]2(C)C1CC[C@@H]2O. The van der Waals surface area contributed by atoms with E-state index in [-0.39, 0.29) is 35.3 Å². The second-order valence-electron chi connectivity index (χ2n) is 11.2. The highest BCUT2D eigenvalue weighted by Gasteiger charge is 2.60. The van der Waals surface area contributed by atoms with Crippen LogP contribution in [0.15, 0.2) is 11.6 Å². The highest BCUT2D eigenvalue weighted by molar-refractivity contribution is 5.66. The Balaban J connectivity index is 1.45. The van der Waals surface area contributed by atoms with Gasteiger partial charge in [-0.2, -0.15) is 0 Å². The fourth-order valence-corrected chi connectivity index (χ4v) is 8.13. The Bertz CT molecular complexity index is 713. The molecule has 1 aliphatic heterocycles. The Labute approximate surface area is 186 Å². The van der Waals surface area contributed by atoms with Crippen molar-refractivity contribution in [3.05, 3.63) is 11.6 Å². The lowest BCUT2D eigenvalue weighted by atomic mass is 9.47. The minimum Gasteiger partial charge on any atom is -0.465 e.